The number of hydrogen-bond acceptors (Lipinski definition) is 4. The Morgan fingerprint density at radius 3 is 3.05 bits per heavy atom. The highest BCUT2D eigenvalue weighted by Gasteiger charge is 2.25. The van der Waals surface area contributed by atoms with Gasteiger partial charge in [-0.1, -0.05) is 19.1 Å². The van der Waals surface area contributed by atoms with E-state index in [4.69, 9.17) is 4.74 Å². The van der Waals surface area contributed by atoms with Gasteiger partial charge in [-0.05, 0) is 38.1 Å². The molecule has 2 aromatic rings. The van der Waals surface area contributed by atoms with Crippen molar-refractivity contribution in [1.29, 1.82) is 0 Å². The molecule has 118 valence electrons. The molecule has 22 heavy (non-hydrogen) atoms. The summed E-state index contributed by atoms with van der Waals surface area (Å²) in [6.07, 6.45) is 2.39. The number of hydrogen-bond donors (Lipinski definition) is 1. The van der Waals surface area contributed by atoms with Crippen LogP contribution < -0.4 is 10.1 Å². The number of fused-ring (bicyclic) bond motifs is 1. The normalized spacial score (nSPS) is 18.7. The topological polar surface area (TPSA) is 41.6 Å². The Labute approximate surface area is 135 Å². The Morgan fingerprint density at radius 2 is 2.27 bits per heavy atom. The lowest BCUT2D eigenvalue weighted by molar-refractivity contribution is 0.0943. The molecule has 1 unspecified atom stereocenters. The minimum Gasteiger partial charge on any atom is -0.494 e. The van der Waals surface area contributed by atoms with Crippen LogP contribution >= 0.6 is 11.3 Å². The van der Waals surface area contributed by atoms with E-state index in [2.05, 4.69) is 17.1 Å². The Hall–Kier alpha value is -1.59. The fourth-order valence-corrected chi connectivity index (χ4v) is 4.30. The summed E-state index contributed by atoms with van der Waals surface area (Å²) in [7, 11) is 1.63. The van der Waals surface area contributed by atoms with Crippen molar-refractivity contribution < 1.29 is 9.53 Å². The van der Waals surface area contributed by atoms with E-state index in [1.807, 2.05) is 24.3 Å². The lowest BCUT2D eigenvalue weighted by atomic mass is 10.2. The fourth-order valence-electron chi connectivity index (χ4n) is 3.21. The minimum absolute atomic E-state index is 0.0268. The van der Waals surface area contributed by atoms with Gasteiger partial charge in [-0.15, -0.1) is 11.3 Å². The van der Waals surface area contributed by atoms with E-state index in [-0.39, 0.29) is 5.91 Å². The quantitative estimate of drug-likeness (QED) is 0.921. The number of amides is 1. The number of nitrogens with zero attached hydrogens (tertiary/aromatic N) is 1. The van der Waals surface area contributed by atoms with Gasteiger partial charge < -0.3 is 10.1 Å². The molecule has 1 aliphatic heterocycles. The van der Waals surface area contributed by atoms with Crippen molar-refractivity contribution in [3.8, 4) is 5.75 Å². The highest BCUT2D eigenvalue weighted by molar-refractivity contribution is 7.21. The maximum Gasteiger partial charge on any atom is 0.265 e. The molecular weight excluding hydrogens is 296 g/mol. The summed E-state index contributed by atoms with van der Waals surface area (Å²) < 4.78 is 6.56. The highest BCUT2D eigenvalue weighted by Crippen LogP contribution is 2.37. The molecule has 1 amide bonds. The molecule has 4 nitrogen and oxygen atoms in total. The van der Waals surface area contributed by atoms with Gasteiger partial charge in [0.05, 0.1) is 7.11 Å². The Kier molecular flexibility index (Phi) is 4.64. The number of carbonyl (C=O) groups is 1. The van der Waals surface area contributed by atoms with Crippen LogP contribution in [0.25, 0.3) is 10.1 Å². The van der Waals surface area contributed by atoms with Gasteiger partial charge in [0.15, 0.2) is 0 Å². The van der Waals surface area contributed by atoms with Gasteiger partial charge in [0.1, 0.15) is 10.6 Å². The number of benzene rings is 1. The van der Waals surface area contributed by atoms with E-state index in [1.165, 1.54) is 17.8 Å². The van der Waals surface area contributed by atoms with Gasteiger partial charge in [-0.2, -0.15) is 0 Å². The van der Waals surface area contributed by atoms with Crippen LogP contribution in [-0.4, -0.2) is 43.6 Å². The second kappa shape index (κ2) is 6.67. The lowest BCUT2D eigenvalue weighted by Gasteiger charge is -2.22. The van der Waals surface area contributed by atoms with Crippen molar-refractivity contribution in [2.45, 2.75) is 25.8 Å². The maximum atomic E-state index is 12.5. The summed E-state index contributed by atoms with van der Waals surface area (Å²) in [5.41, 5.74) is 0. The molecule has 0 aliphatic carbocycles. The molecule has 1 saturated heterocycles. The molecule has 1 aromatic heterocycles. The first-order valence-electron chi connectivity index (χ1n) is 7.82. The summed E-state index contributed by atoms with van der Waals surface area (Å²) in [6, 6.07) is 8.44. The van der Waals surface area contributed by atoms with Crippen LogP contribution in [0.3, 0.4) is 0 Å². The third-order valence-electron chi connectivity index (χ3n) is 4.36. The van der Waals surface area contributed by atoms with Crippen molar-refractivity contribution in [3.63, 3.8) is 0 Å². The third-order valence-corrected chi connectivity index (χ3v) is 5.51. The average molecular weight is 318 g/mol. The van der Waals surface area contributed by atoms with E-state index in [0.29, 0.717) is 23.2 Å². The van der Waals surface area contributed by atoms with Gasteiger partial charge in [-0.3, -0.25) is 9.69 Å². The second-order valence-corrected chi connectivity index (χ2v) is 6.65. The first-order valence-corrected chi connectivity index (χ1v) is 8.64. The fraction of sp³-hybridized carbons (Fsp3) is 0.471. The SMILES string of the molecule is CCN1CCCC1CNC(=O)c1sc2ccccc2c1OC. The number of thiophene rings is 1. The van der Waals surface area contributed by atoms with Crippen LogP contribution in [0, 0.1) is 0 Å². The zero-order chi connectivity index (χ0) is 15.5. The van der Waals surface area contributed by atoms with Crippen LogP contribution in [0.5, 0.6) is 5.75 Å². The van der Waals surface area contributed by atoms with Gasteiger partial charge in [0, 0.05) is 22.7 Å². The van der Waals surface area contributed by atoms with Crippen LogP contribution in [0.1, 0.15) is 29.4 Å². The van der Waals surface area contributed by atoms with Gasteiger partial charge >= 0.3 is 0 Å². The largest absolute Gasteiger partial charge is 0.494 e. The van der Waals surface area contributed by atoms with E-state index < -0.39 is 0 Å². The molecule has 0 radical (unpaired) electrons. The van der Waals surface area contributed by atoms with Crippen molar-refractivity contribution in [2.24, 2.45) is 0 Å². The third kappa shape index (κ3) is 2.83. The molecule has 1 N–H and O–H groups in total. The summed E-state index contributed by atoms with van der Waals surface area (Å²) in [5.74, 6) is 0.665. The highest BCUT2D eigenvalue weighted by atomic mass is 32.1. The molecule has 1 aliphatic rings. The summed E-state index contributed by atoms with van der Waals surface area (Å²) in [5, 5.41) is 4.10. The molecule has 1 fully saturated rings. The minimum atomic E-state index is -0.0268. The average Bonchev–Trinajstić information content (AvgIpc) is 3.15. The first kappa shape index (κ1) is 15.3. The molecule has 1 atom stereocenters. The molecule has 0 bridgehead atoms. The van der Waals surface area contributed by atoms with Gasteiger partial charge in [0.2, 0.25) is 0 Å². The number of likely N-dealkylation sites (tertiary alicyclic amines) is 1. The van der Waals surface area contributed by atoms with Crippen LogP contribution in [0.2, 0.25) is 0 Å². The predicted molar refractivity (Wildman–Crippen MR) is 91.0 cm³/mol. The number of methoxy groups -OCH3 is 1. The monoisotopic (exact) mass is 318 g/mol. The molecule has 3 rings (SSSR count). The van der Waals surface area contributed by atoms with Crippen molar-refractivity contribution in [3.05, 3.63) is 29.1 Å². The number of carbonyl (C=O) groups excluding carboxylic acids is 1. The number of nitrogens with one attached hydrogen (secondary N) is 1. The first-order chi connectivity index (χ1) is 10.7. The molecule has 0 saturated carbocycles. The molecule has 2 heterocycles. The summed E-state index contributed by atoms with van der Waals surface area (Å²) in [6.45, 7) is 5.08. The molecular formula is C17H22N2O2S. The smallest absolute Gasteiger partial charge is 0.265 e. The Morgan fingerprint density at radius 1 is 1.45 bits per heavy atom. The van der Waals surface area contributed by atoms with E-state index in [9.17, 15) is 4.79 Å². The van der Waals surface area contributed by atoms with Gasteiger partial charge in [-0.25, -0.2) is 0 Å². The summed E-state index contributed by atoms with van der Waals surface area (Å²) >= 11 is 1.49. The predicted octanol–water partition coefficient (Wildman–Crippen LogP) is 3.12. The van der Waals surface area contributed by atoms with Gasteiger partial charge in [0.25, 0.3) is 5.91 Å². The number of likely N-dealkylation sites (N-methyl/N-ethyl adjacent to an activating group) is 1. The summed E-state index contributed by atoms with van der Waals surface area (Å²) in [4.78, 5) is 15.7. The van der Waals surface area contributed by atoms with Crippen molar-refractivity contribution >= 4 is 27.3 Å². The Bertz CT molecular complexity index is 668. The second-order valence-electron chi connectivity index (χ2n) is 5.60. The van der Waals surface area contributed by atoms with Crippen molar-refractivity contribution in [1.82, 2.24) is 10.2 Å². The number of rotatable bonds is 5. The van der Waals surface area contributed by atoms with Crippen LogP contribution in [-0.2, 0) is 0 Å². The lowest BCUT2D eigenvalue weighted by Crippen LogP contribution is -2.39. The zero-order valence-electron chi connectivity index (χ0n) is 13.1. The molecule has 1 aromatic carbocycles. The molecule has 5 heteroatoms. The van der Waals surface area contributed by atoms with Crippen LogP contribution in [0.4, 0.5) is 0 Å². The van der Waals surface area contributed by atoms with E-state index in [1.54, 1.807) is 7.11 Å². The zero-order valence-corrected chi connectivity index (χ0v) is 13.9. The Balaban J connectivity index is 1.75. The molecule has 0 spiro atoms. The van der Waals surface area contributed by atoms with E-state index >= 15 is 0 Å². The van der Waals surface area contributed by atoms with Crippen molar-refractivity contribution in [2.75, 3.05) is 26.7 Å². The van der Waals surface area contributed by atoms with Crippen LogP contribution in [0.15, 0.2) is 24.3 Å². The standard InChI is InChI=1S/C17H22N2O2S/c1-3-19-10-6-7-12(19)11-18-17(20)16-15(21-2)13-8-4-5-9-14(13)22-16/h4-5,8-9,12H,3,6-7,10-11H2,1-2H3,(H,18,20). The number of ether oxygens (including phenoxy) is 1. The van der Waals surface area contributed by atoms with E-state index in [0.717, 1.165) is 29.6 Å². The maximum absolute atomic E-state index is 12.5.